The van der Waals surface area contributed by atoms with E-state index in [1.807, 2.05) is 6.92 Å². The summed E-state index contributed by atoms with van der Waals surface area (Å²) in [6, 6.07) is -0.183. The maximum atomic E-state index is 12.7. The molecule has 2 aromatic rings. The molecule has 0 saturated carbocycles. The number of nitrogens with one attached hydrogen (secondary N) is 2. The highest BCUT2D eigenvalue weighted by Crippen LogP contribution is 2.29. The van der Waals surface area contributed by atoms with Crippen LogP contribution in [0.5, 0.6) is 0 Å². The summed E-state index contributed by atoms with van der Waals surface area (Å²) < 4.78 is 10.8. The fourth-order valence-electron chi connectivity index (χ4n) is 3.55. The quantitative estimate of drug-likeness (QED) is 0.572. The van der Waals surface area contributed by atoms with E-state index in [1.54, 1.807) is 21.0 Å². The van der Waals surface area contributed by atoms with Gasteiger partial charge in [-0.3, -0.25) is 4.79 Å². The van der Waals surface area contributed by atoms with Crippen molar-refractivity contribution in [2.45, 2.75) is 52.2 Å². The molecule has 1 aliphatic heterocycles. The van der Waals surface area contributed by atoms with Crippen LogP contribution < -0.4 is 10.2 Å². The molecule has 2 aromatic heterocycles. The van der Waals surface area contributed by atoms with Crippen molar-refractivity contribution in [1.82, 2.24) is 20.3 Å². The number of thiazole rings is 1. The van der Waals surface area contributed by atoms with Crippen LogP contribution in [0.4, 0.5) is 5.13 Å². The predicted octanol–water partition coefficient (Wildman–Crippen LogP) is 2.98. The Morgan fingerprint density at radius 3 is 2.81 bits per heavy atom. The third kappa shape index (κ3) is 5.36. The van der Waals surface area contributed by atoms with Gasteiger partial charge in [0.1, 0.15) is 4.88 Å². The van der Waals surface area contributed by atoms with Gasteiger partial charge in [-0.2, -0.15) is 0 Å². The molecular formula is C20H28ClN5O4S. The average molecular weight is 470 g/mol. The molecule has 1 aliphatic rings. The lowest BCUT2D eigenvalue weighted by Crippen LogP contribution is -2.55. The Bertz CT molecular complexity index is 931. The zero-order valence-corrected chi connectivity index (χ0v) is 19.7. The third-order valence-corrected chi connectivity index (χ3v) is 6.65. The summed E-state index contributed by atoms with van der Waals surface area (Å²) in [4.78, 5) is 39.1. The summed E-state index contributed by atoms with van der Waals surface area (Å²) in [6.07, 6.45) is 2.06. The molecule has 11 heteroatoms. The highest BCUT2D eigenvalue weighted by atomic mass is 35.5. The van der Waals surface area contributed by atoms with Gasteiger partial charge in [-0.1, -0.05) is 36.3 Å². The molecule has 2 unspecified atom stereocenters. The van der Waals surface area contributed by atoms with Gasteiger partial charge in [0, 0.05) is 20.2 Å². The van der Waals surface area contributed by atoms with Gasteiger partial charge in [-0.15, -0.1) is 0 Å². The first kappa shape index (κ1) is 23.5. The number of carbonyl (C=O) groups is 2. The number of ether oxygens (including phenoxy) is 2. The summed E-state index contributed by atoms with van der Waals surface area (Å²) in [5.41, 5.74) is 1.42. The first-order valence-electron chi connectivity index (χ1n) is 10.3. The Morgan fingerprint density at radius 1 is 1.35 bits per heavy atom. The number of halogens is 1. The molecule has 0 spiro atoms. The molecule has 0 aromatic carbocycles. The minimum absolute atomic E-state index is 0.183. The van der Waals surface area contributed by atoms with E-state index in [-0.39, 0.29) is 29.8 Å². The fraction of sp³-hybridized carbons (Fsp3) is 0.600. The lowest BCUT2D eigenvalue weighted by atomic mass is 10.0. The molecule has 2 atom stereocenters. The van der Waals surface area contributed by atoms with Gasteiger partial charge < -0.3 is 24.7 Å². The van der Waals surface area contributed by atoms with E-state index in [9.17, 15) is 9.59 Å². The maximum Gasteiger partial charge on any atom is 0.350 e. The van der Waals surface area contributed by atoms with Gasteiger partial charge in [0.05, 0.1) is 30.1 Å². The van der Waals surface area contributed by atoms with Gasteiger partial charge in [-0.25, -0.2) is 14.8 Å². The number of nitrogens with zero attached hydrogens (tertiary/aromatic N) is 3. The monoisotopic (exact) mass is 469 g/mol. The van der Waals surface area contributed by atoms with Crippen molar-refractivity contribution in [2.75, 3.05) is 31.7 Å². The number of hydrogen-bond acceptors (Lipinski definition) is 8. The van der Waals surface area contributed by atoms with Gasteiger partial charge in [-0.05, 0) is 26.7 Å². The number of imidazole rings is 1. The normalized spacial score (nSPS) is 18.8. The van der Waals surface area contributed by atoms with Crippen LogP contribution in [-0.2, 0) is 15.9 Å². The van der Waals surface area contributed by atoms with Crippen LogP contribution in [0.15, 0.2) is 0 Å². The van der Waals surface area contributed by atoms with E-state index < -0.39 is 0 Å². The van der Waals surface area contributed by atoms with Crippen molar-refractivity contribution in [1.29, 1.82) is 0 Å². The number of hydrogen-bond donors (Lipinski definition) is 2. The predicted molar refractivity (Wildman–Crippen MR) is 119 cm³/mol. The second kappa shape index (κ2) is 10.4. The van der Waals surface area contributed by atoms with Crippen molar-refractivity contribution in [2.24, 2.45) is 0 Å². The zero-order valence-electron chi connectivity index (χ0n) is 18.2. The Labute approximate surface area is 190 Å². The summed E-state index contributed by atoms with van der Waals surface area (Å²) in [5, 5.41) is 4.09. The van der Waals surface area contributed by atoms with Crippen LogP contribution in [-0.4, -0.2) is 65.8 Å². The molecule has 0 aliphatic carbocycles. The van der Waals surface area contributed by atoms with Crippen LogP contribution >= 0.6 is 22.9 Å². The first-order chi connectivity index (χ1) is 14.9. The second-order valence-electron chi connectivity index (χ2n) is 7.33. The number of aromatic nitrogens is 3. The molecule has 31 heavy (non-hydrogen) atoms. The second-order valence-corrected chi connectivity index (χ2v) is 8.66. The van der Waals surface area contributed by atoms with Gasteiger partial charge in [0.15, 0.2) is 16.1 Å². The molecule has 0 bridgehead atoms. The number of amides is 1. The molecule has 3 rings (SSSR count). The summed E-state index contributed by atoms with van der Waals surface area (Å²) in [5.74, 6) is -0.450. The topological polar surface area (TPSA) is 109 Å². The minimum atomic E-state index is -0.353. The lowest BCUT2D eigenvalue weighted by molar-refractivity contribution is 0.0530. The number of rotatable bonds is 8. The molecule has 1 saturated heterocycles. The van der Waals surface area contributed by atoms with E-state index in [0.717, 1.165) is 23.7 Å². The molecular weight excluding hydrogens is 442 g/mol. The minimum Gasteiger partial charge on any atom is -0.462 e. The van der Waals surface area contributed by atoms with Crippen LogP contribution in [0, 0.1) is 6.92 Å². The van der Waals surface area contributed by atoms with Crippen LogP contribution in [0.25, 0.3) is 0 Å². The molecule has 1 fully saturated rings. The van der Waals surface area contributed by atoms with E-state index in [0.29, 0.717) is 41.8 Å². The molecule has 2 N–H and O–H groups in total. The molecule has 3 heterocycles. The van der Waals surface area contributed by atoms with Crippen LogP contribution in [0.2, 0.25) is 5.15 Å². The molecule has 0 radical (unpaired) electrons. The highest BCUT2D eigenvalue weighted by molar-refractivity contribution is 7.17. The Hall–Kier alpha value is -2.17. The van der Waals surface area contributed by atoms with Crippen LogP contribution in [0.3, 0.4) is 0 Å². The lowest BCUT2D eigenvalue weighted by Gasteiger charge is -2.37. The van der Waals surface area contributed by atoms with E-state index in [1.165, 1.54) is 11.3 Å². The number of anilines is 1. The Kier molecular flexibility index (Phi) is 7.90. The number of aryl methyl sites for hydroxylation is 2. The maximum absolute atomic E-state index is 12.7. The van der Waals surface area contributed by atoms with E-state index in [2.05, 4.69) is 25.2 Å². The van der Waals surface area contributed by atoms with Crippen molar-refractivity contribution in [3.63, 3.8) is 0 Å². The largest absolute Gasteiger partial charge is 0.462 e. The van der Waals surface area contributed by atoms with Crippen molar-refractivity contribution in [3.05, 3.63) is 27.2 Å². The molecule has 170 valence electrons. The van der Waals surface area contributed by atoms with E-state index in [4.69, 9.17) is 21.1 Å². The Morgan fingerprint density at radius 2 is 2.13 bits per heavy atom. The SMILES string of the molecule is CCCc1[nH]c(C(=O)NC2CCN(c3nc(C)c(C(=O)OCC)s3)CC2OC)nc1Cl. The fourth-order valence-corrected chi connectivity index (χ4v) is 4.77. The standard InChI is InChI=1S/C20H28ClN5O4S/c1-5-7-13-16(21)25-17(23-13)18(27)24-12-8-9-26(10-14(12)29-4)20-22-11(3)15(31-20)19(28)30-6-2/h12,14H,5-10H2,1-4H3,(H,23,25)(H,24,27). The average Bonchev–Trinajstić information content (AvgIpc) is 3.31. The number of piperidine rings is 1. The Balaban J connectivity index is 1.66. The van der Waals surface area contributed by atoms with Gasteiger partial charge >= 0.3 is 5.97 Å². The van der Waals surface area contributed by atoms with Gasteiger partial charge in [0.2, 0.25) is 0 Å². The number of aromatic amines is 1. The van der Waals surface area contributed by atoms with Crippen molar-refractivity contribution in [3.8, 4) is 0 Å². The van der Waals surface area contributed by atoms with E-state index >= 15 is 0 Å². The summed E-state index contributed by atoms with van der Waals surface area (Å²) in [7, 11) is 1.62. The smallest absolute Gasteiger partial charge is 0.350 e. The van der Waals surface area contributed by atoms with Gasteiger partial charge in [0.25, 0.3) is 5.91 Å². The number of methoxy groups -OCH3 is 1. The van der Waals surface area contributed by atoms with Crippen LogP contribution in [0.1, 0.15) is 58.4 Å². The van der Waals surface area contributed by atoms with Crippen molar-refractivity contribution >= 4 is 39.9 Å². The summed E-state index contributed by atoms with van der Waals surface area (Å²) >= 11 is 7.43. The summed E-state index contributed by atoms with van der Waals surface area (Å²) in [6.45, 7) is 7.14. The highest BCUT2D eigenvalue weighted by Gasteiger charge is 2.33. The number of H-pyrrole nitrogens is 1. The first-order valence-corrected chi connectivity index (χ1v) is 11.5. The number of esters is 1. The van der Waals surface area contributed by atoms with Crippen molar-refractivity contribution < 1.29 is 19.1 Å². The zero-order chi connectivity index (χ0) is 22.5. The third-order valence-electron chi connectivity index (χ3n) is 5.14. The number of carbonyl (C=O) groups excluding carboxylic acids is 2. The molecule has 9 nitrogen and oxygen atoms in total. The molecule has 1 amide bonds.